The molecule has 0 N–H and O–H groups in total. The van der Waals surface area contributed by atoms with Gasteiger partial charge in [-0.15, -0.1) is 0 Å². The lowest BCUT2D eigenvalue weighted by Gasteiger charge is -2.33. The minimum Gasteiger partial charge on any atom is -0.467 e. The number of aromatic nitrogens is 1. The molecule has 0 bridgehead atoms. The first-order valence-corrected chi connectivity index (χ1v) is 7.50. The van der Waals surface area contributed by atoms with Crippen molar-refractivity contribution >= 4 is 23.5 Å². The maximum atomic E-state index is 12.7. The highest BCUT2D eigenvalue weighted by atomic mass is 35.5. The predicted molar refractivity (Wildman–Crippen MR) is 79.3 cm³/mol. The van der Waals surface area contributed by atoms with Crippen molar-refractivity contribution in [1.29, 1.82) is 0 Å². The van der Waals surface area contributed by atoms with Crippen LogP contribution in [0.25, 0.3) is 0 Å². The summed E-state index contributed by atoms with van der Waals surface area (Å²) in [6.45, 7) is 2.51. The molecule has 6 heteroatoms. The molecule has 1 aliphatic heterocycles. The number of nitrogens with zero attached hydrogens (tertiary/aromatic N) is 2. The Hall–Kier alpha value is -1.62. The number of likely N-dealkylation sites (tertiary alicyclic amines) is 1. The van der Waals surface area contributed by atoms with Crippen molar-refractivity contribution in [2.75, 3.05) is 13.7 Å². The van der Waals surface area contributed by atoms with Crippen LogP contribution in [0.5, 0.6) is 0 Å². The van der Waals surface area contributed by atoms with Crippen LogP contribution in [-0.2, 0) is 16.0 Å². The van der Waals surface area contributed by atoms with Gasteiger partial charge >= 0.3 is 5.97 Å². The number of hydrogen-bond acceptors (Lipinski definition) is 4. The zero-order valence-electron chi connectivity index (χ0n) is 12.3. The fourth-order valence-electron chi connectivity index (χ4n) is 2.58. The molecular weight excluding hydrogens is 292 g/mol. The average molecular weight is 311 g/mol. The third-order valence-corrected chi connectivity index (χ3v) is 3.89. The zero-order chi connectivity index (χ0) is 15.4. The van der Waals surface area contributed by atoms with E-state index in [4.69, 9.17) is 16.3 Å². The van der Waals surface area contributed by atoms with Gasteiger partial charge < -0.3 is 9.64 Å². The average Bonchev–Trinajstić information content (AvgIpc) is 2.52. The molecule has 21 heavy (non-hydrogen) atoms. The lowest BCUT2D eigenvalue weighted by Crippen LogP contribution is -2.48. The topological polar surface area (TPSA) is 59.5 Å². The van der Waals surface area contributed by atoms with Crippen molar-refractivity contribution in [1.82, 2.24) is 9.88 Å². The van der Waals surface area contributed by atoms with E-state index in [1.165, 1.54) is 7.11 Å². The number of rotatable bonds is 3. The van der Waals surface area contributed by atoms with E-state index < -0.39 is 6.04 Å². The van der Waals surface area contributed by atoms with E-state index in [0.29, 0.717) is 30.1 Å². The SMILES string of the molecule is CCc1cc(C(=O)N2CCCCC2C(=O)OC)cc(Cl)n1. The second kappa shape index (κ2) is 6.89. The molecule has 2 rings (SSSR count). The third-order valence-electron chi connectivity index (χ3n) is 3.69. The summed E-state index contributed by atoms with van der Waals surface area (Å²) in [4.78, 5) is 30.3. The summed E-state index contributed by atoms with van der Waals surface area (Å²) in [5.74, 6) is -0.553. The summed E-state index contributed by atoms with van der Waals surface area (Å²) in [5, 5.41) is 0.296. The largest absolute Gasteiger partial charge is 0.467 e. The van der Waals surface area contributed by atoms with Crippen molar-refractivity contribution in [3.63, 3.8) is 0 Å². The maximum Gasteiger partial charge on any atom is 0.328 e. The van der Waals surface area contributed by atoms with Crippen molar-refractivity contribution in [2.45, 2.75) is 38.6 Å². The molecule has 1 fully saturated rings. The molecule has 2 heterocycles. The van der Waals surface area contributed by atoms with E-state index in [2.05, 4.69) is 4.98 Å². The monoisotopic (exact) mass is 310 g/mol. The number of carbonyl (C=O) groups excluding carboxylic acids is 2. The van der Waals surface area contributed by atoms with Crippen LogP contribution in [0.1, 0.15) is 42.2 Å². The molecule has 1 atom stereocenters. The van der Waals surface area contributed by atoms with Crippen LogP contribution in [0.2, 0.25) is 5.15 Å². The molecule has 114 valence electrons. The number of amides is 1. The van der Waals surface area contributed by atoms with Gasteiger partial charge in [0, 0.05) is 17.8 Å². The van der Waals surface area contributed by atoms with Crippen LogP contribution < -0.4 is 0 Å². The molecule has 0 aliphatic carbocycles. The van der Waals surface area contributed by atoms with E-state index in [1.807, 2.05) is 6.92 Å². The van der Waals surface area contributed by atoms with Crippen molar-refractivity contribution < 1.29 is 14.3 Å². The minimum absolute atomic E-state index is 0.191. The highest BCUT2D eigenvalue weighted by molar-refractivity contribution is 6.29. The molecule has 1 aromatic heterocycles. The van der Waals surface area contributed by atoms with Gasteiger partial charge in [-0.25, -0.2) is 9.78 Å². The first-order chi connectivity index (χ1) is 10.1. The first-order valence-electron chi connectivity index (χ1n) is 7.12. The molecule has 1 unspecified atom stereocenters. The van der Waals surface area contributed by atoms with E-state index in [1.54, 1.807) is 17.0 Å². The molecule has 1 aromatic rings. The molecule has 0 aromatic carbocycles. The molecule has 5 nitrogen and oxygen atoms in total. The van der Waals surface area contributed by atoms with E-state index in [-0.39, 0.29) is 11.9 Å². The second-order valence-corrected chi connectivity index (χ2v) is 5.44. The van der Waals surface area contributed by atoms with Gasteiger partial charge in [0.05, 0.1) is 7.11 Å². The number of aryl methyl sites for hydroxylation is 1. The van der Waals surface area contributed by atoms with Crippen LogP contribution in [0, 0.1) is 0 Å². The van der Waals surface area contributed by atoms with E-state index in [9.17, 15) is 9.59 Å². The maximum absolute atomic E-state index is 12.7. The Labute approximate surface area is 129 Å². The third kappa shape index (κ3) is 3.53. The summed E-state index contributed by atoms with van der Waals surface area (Å²) in [6.07, 6.45) is 3.14. The molecule has 1 amide bonds. The second-order valence-electron chi connectivity index (χ2n) is 5.06. The summed E-state index contributed by atoms with van der Waals surface area (Å²) < 4.78 is 4.80. The Morgan fingerprint density at radius 1 is 1.43 bits per heavy atom. The number of hydrogen-bond donors (Lipinski definition) is 0. The number of esters is 1. The smallest absolute Gasteiger partial charge is 0.328 e. The van der Waals surface area contributed by atoms with Crippen LogP contribution in [0.3, 0.4) is 0 Å². The lowest BCUT2D eigenvalue weighted by molar-refractivity contribution is -0.147. The molecule has 1 aliphatic rings. The Morgan fingerprint density at radius 3 is 2.86 bits per heavy atom. The summed E-state index contributed by atoms with van der Waals surface area (Å²) in [7, 11) is 1.35. The molecule has 0 saturated carbocycles. The van der Waals surface area contributed by atoms with Gasteiger partial charge in [-0.1, -0.05) is 18.5 Å². The van der Waals surface area contributed by atoms with Crippen LogP contribution >= 0.6 is 11.6 Å². The minimum atomic E-state index is -0.506. The Kier molecular flexibility index (Phi) is 5.17. The number of ether oxygens (including phenoxy) is 1. The van der Waals surface area contributed by atoms with Crippen LogP contribution in [0.15, 0.2) is 12.1 Å². The van der Waals surface area contributed by atoms with Crippen LogP contribution in [-0.4, -0.2) is 41.5 Å². The van der Waals surface area contributed by atoms with Gasteiger partial charge in [-0.05, 0) is 37.8 Å². The number of carbonyl (C=O) groups is 2. The first kappa shape index (κ1) is 15.8. The quantitative estimate of drug-likeness (QED) is 0.635. The molecular formula is C15H19ClN2O3. The van der Waals surface area contributed by atoms with Gasteiger partial charge in [0.1, 0.15) is 11.2 Å². The van der Waals surface area contributed by atoms with Crippen molar-refractivity contribution in [2.24, 2.45) is 0 Å². The molecule has 0 spiro atoms. The highest BCUT2D eigenvalue weighted by Gasteiger charge is 2.33. The lowest BCUT2D eigenvalue weighted by atomic mass is 10.0. The van der Waals surface area contributed by atoms with Gasteiger partial charge in [-0.2, -0.15) is 0 Å². The Bertz CT molecular complexity index is 548. The van der Waals surface area contributed by atoms with Gasteiger partial charge in [0.2, 0.25) is 0 Å². The Morgan fingerprint density at radius 2 is 2.19 bits per heavy atom. The number of piperidine rings is 1. The summed E-state index contributed by atoms with van der Waals surface area (Å²) in [5.41, 5.74) is 1.24. The van der Waals surface area contributed by atoms with Crippen LogP contribution in [0.4, 0.5) is 0 Å². The Balaban J connectivity index is 2.28. The normalized spacial score (nSPS) is 18.4. The number of halogens is 1. The zero-order valence-corrected chi connectivity index (χ0v) is 13.0. The summed E-state index contributed by atoms with van der Waals surface area (Å²) in [6, 6.07) is 2.77. The fraction of sp³-hybridized carbons (Fsp3) is 0.533. The standard InChI is InChI=1S/C15H19ClN2O3/c1-3-11-8-10(9-13(16)17-11)14(19)18-7-5-4-6-12(18)15(20)21-2/h8-9,12H,3-7H2,1-2H3. The predicted octanol–water partition coefficient (Wildman–Crippen LogP) is 2.47. The number of pyridine rings is 1. The number of methoxy groups -OCH3 is 1. The van der Waals surface area contributed by atoms with Crippen molar-refractivity contribution in [3.8, 4) is 0 Å². The van der Waals surface area contributed by atoms with Gasteiger partial charge in [-0.3, -0.25) is 4.79 Å². The molecule has 1 saturated heterocycles. The van der Waals surface area contributed by atoms with Crippen molar-refractivity contribution in [3.05, 3.63) is 28.5 Å². The summed E-state index contributed by atoms with van der Waals surface area (Å²) >= 11 is 5.96. The highest BCUT2D eigenvalue weighted by Crippen LogP contribution is 2.22. The van der Waals surface area contributed by atoms with Gasteiger partial charge in [0.15, 0.2) is 0 Å². The van der Waals surface area contributed by atoms with E-state index in [0.717, 1.165) is 18.5 Å². The van der Waals surface area contributed by atoms with E-state index >= 15 is 0 Å². The fourth-order valence-corrected chi connectivity index (χ4v) is 2.80. The van der Waals surface area contributed by atoms with Gasteiger partial charge in [0.25, 0.3) is 5.91 Å². The molecule has 0 radical (unpaired) electrons.